The Morgan fingerprint density at radius 3 is 2.54 bits per heavy atom. The average molecular weight is 412 g/mol. The van der Waals surface area contributed by atoms with Crippen molar-refractivity contribution < 1.29 is 23.1 Å². The number of thioether (sulfide) groups is 1. The number of aliphatic hydroxyl groups is 1. The van der Waals surface area contributed by atoms with E-state index >= 15 is 0 Å². The van der Waals surface area contributed by atoms with Crippen molar-refractivity contribution in [2.45, 2.75) is 61.8 Å². The zero-order chi connectivity index (χ0) is 20.5. The number of pyridine rings is 1. The van der Waals surface area contributed by atoms with Crippen LogP contribution in [-0.4, -0.2) is 33.4 Å². The van der Waals surface area contributed by atoms with Crippen LogP contribution in [0, 0.1) is 11.7 Å². The van der Waals surface area contributed by atoms with Crippen molar-refractivity contribution in [1.29, 1.82) is 0 Å². The van der Waals surface area contributed by atoms with Crippen LogP contribution >= 0.6 is 11.8 Å². The molecule has 1 amide bonds. The Hall–Kier alpha value is -1.80. The molecule has 2 N–H and O–H groups in total. The predicted octanol–water partition coefficient (Wildman–Crippen LogP) is 4.75. The van der Waals surface area contributed by atoms with Gasteiger partial charge in [0.15, 0.2) is 0 Å². The lowest BCUT2D eigenvalue weighted by Gasteiger charge is -2.36. The number of hydrogen-bond donors (Lipinski definition) is 2. The molecule has 0 unspecified atom stereocenters. The zero-order valence-electron chi connectivity index (χ0n) is 15.7. The Morgan fingerprint density at radius 2 is 1.93 bits per heavy atom. The van der Waals surface area contributed by atoms with Gasteiger partial charge in [0.25, 0.3) is 11.7 Å². The minimum atomic E-state index is -2.72. The lowest BCUT2D eigenvalue weighted by Crippen LogP contribution is -2.41. The van der Waals surface area contributed by atoms with E-state index in [1.54, 1.807) is 0 Å². The van der Waals surface area contributed by atoms with E-state index in [4.69, 9.17) is 0 Å². The first-order valence-corrected chi connectivity index (χ1v) is 10.1. The van der Waals surface area contributed by atoms with Gasteiger partial charge in [-0.2, -0.15) is 8.78 Å². The third-order valence-corrected chi connectivity index (χ3v) is 6.02. The van der Waals surface area contributed by atoms with Gasteiger partial charge in [0.2, 0.25) is 0 Å². The number of aromatic nitrogens is 1. The molecule has 0 bridgehead atoms. The van der Waals surface area contributed by atoms with Crippen LogP contribution in [0.15, 0.2) is 29.3 Å². The summed E-state index contributed by atoms with van der Waals surface area (Å²) in [4.78, 5) is 16.5. The highest BCUT2D eigenvalue weighted by Gasteiger charge is 2.31. The predicted molar refractivity (Wildman–Crippen MR) is 103 cm³/mol. The number of carbonyl (C=O) groups is 1. The summed E-state index contributed by atoms with van der Waals surface area (Å²) in [5.74, 6) is -3.57. The van der Waals surface area contributed by atoms with Crippen LogP contribution in [-0.2, 0) is 0 Å². The van der Waals surface area contributed by atoms with E-state index < -0.39 is 17.2 Å². The van der Waals surface area contributed by atoms with Crippen molar-refractivity contribution in [3.8, 4) is 0 Å². The molecule has 1 aliphatic carbocycles. The molecule has 8 heteroatoms. The van der Waals surface area contributed by atoms with Crippen LogP contribution in [0.3, 0.4) is 0 Å². The monoisotopic (exact) mass is 412 g/mol. The molecule has 3 rings (SSSR count). The molecule has 1 saturated carbocycles. The zero-order valence-corrected chi connectivity index (χ0v) is 16.5. The molecule has 0 saturated heterocycles. The number of hydrogen-bond acceptors (Lipinski definition) is 4. The van der Waals surface area contributed by atoms with Crippen LogP contribution in [0.2, 0.25) is 0 Å². The lowest BCUT2D eigenvalue weighted by atomic mass is 9.77. The van der Waals surface area contributed by atoms with E-state index in [1.807, 2.05) is 13.8 Å². The Balaban J connectivity index is 1.69. The Labute approximate surface area is 165 Å². The SMILES string of the molecule is CC(C)(O)[C@H]1CC[C@H](NC(=O)c2cnc3cc(SC(F)F)c(F)cc3c2)CC1. The number of nitrogens with zero attached hydrogens (tertiary/aromatic N) is 1. The second-order valence-electron chi connectivity index (χ2n) is 7.75. The number of carbonyl (C=O) groups excluding carboxylic acids is 1. The van der Waals surface area contributed by atoms with Gasteiger partial charge in [-0.3, -0.25) is 9.78 Å². The summed E-state index contributed by atoms with van der Waals surface area (Å²) >= 11 is 0.130. The number of benzene rings is 1. The van der Waals surface area contributed by atoms with Gasteiger partial charge in [-0.1, -0.05) is 11.8 Å². The smallest absolute Gasteiger partial charge is 0.289 e. The number of alkyl halides is 2. The molecule has 0 atom stereocenters. The van der Waals surface area contributed by atoms with Gasteiger partial charge in [-0.15, -0.1) is 0 Å². The number of halogens is 3. The second kappa shape index (κ2) is 8.29. The molecule has 0 radical (unpaired) electrons. The summed E-state index contributed by atoms with van der Waals surface area (Å²) in [6, 6.07) is 3.92. The fraction of sp³-hybridized carbons (Fsp3) is 0.500. The molecule has 0 spiro atoms. The van der Waals surface area contributed by atoms with Gasteiger partial charge in [-0.25, -0.2) is 4.39 Å². The largest absolute Gasteiger partial charge is 0.390 e. The Bertz CT molecular complexity index is 862. The first-order chi connectivity index (χ1) is 13.1. The summed E-state index contributed by atoms with van der Waals surface area (Å²) in [5, 5.41) is 13.5. The van der Waals surface area contributed by atoms with Crippen LogP contribution in [0.4, 0.5) is 13.2 Å². The van der Waals surface area contributed by atoms with E-state index in [9.17, 15) is 23.1 Å². The van der Waals surface area contributed by atoms with Crippen molar-refractivity contribution in [3.63, 3.8) is 0 Å². The van der Waals surface area contributed by atoms with Crippen LogP contribution < -0.4 is 5.32 Å². The molecule has 0 aliphatic heterocycles. The van der Waals surface area contributed by atoms with Crippen molar-refractivity contribution in [3.05, 3.63) is 35.8 Å². The Kier molecular flexibility index (Phi) is 6.19. The summed E-state index contributed by atoms with van der Waals surface area (Å²) in [6.45, 7) is 3.61. The average Bonchev–Trinajstić information content (AvgIpc) is 2.61. The minimum Gasteiger partial charge on any atom is -0.390 e. The van der Waals surface area contributed by atoms with Gasteiger partial charge < -0.3 is 10.4 Å². The summed E-state index contributed by atoms with van der Waals surface area (Å²) in [5.41, 5.74) is -0.0690. The lowest BCUT2D eigenvalue weighted by molar-refractivity contribution is -0.00257. The van der Waals surface area contributed by atoms with Crippen molar-refractivity contribution >= 4 is 28.6 Å². The van der Waals surface area contributed by atoms with Crippen LogP contribution in [0.25, 0.3) is 10.9 Å². The highest BCUT2D eigenvalue weighted by atomic mass is 32.2. The second-order valence-corrected chi connectivity index (χ2v) is 8.79. The molecule has 1 aromatic carbocycles. The van der Waals surface area contributed by atoms with Crippen molar-refractivity contribution in [2.24, 2.45) is 5.92 Å². The normalized spacial score (nSPS) is 20.5. The molecular weight excluding hydrogens is 389 g/mol. The fourth-order valence-corrected chi connectivity index (χ4v) is 4.20. The number of rotatable bonds is 5. The first kappa shape index (κ1) is 20.9. The third kappa shape index (κ3) is 4.97. The summed E-state index contributed by atoms with van der Waals surface area (Å²) < 4.78 is 39.0. The molecule has 1 aromatic heterocycles. The maximum atomic E-state index is 14.0. The van der Waals surface area contributed by atoms with Crippen molar-refractivity contribution in [1.82, 2.24) is 10.3 Å². The standard InChI is InChI=1S/C20H23F3N2O2S/c1-20(2,27)13-3-5-14(6-4-13)25-18(26)12-7-11-8-15(21)17(28-19(22)23)9-16(11)24-10-12/h7-10,13-14,19,27H,3-6H2,1-2H3,(H,25,26)/t13-,14-. The van der Waals surface area contributed by atoms with E-state index in [0.717, 1.165) is 31.7 Å². The Morgan fingerprint density at radius 1 is 1.25 bits per heavy atom. The number of amides is 1. The van der Waals surface area contributed by atoms with Gasteiger partial charge in [0.05, 0.1) is 21.6 Å². The van der Waals surface area contributed by atoms with E-state index in [0.29, 0.717) is 16.5 Å². The van der Waals surface area contributed by atoms with E-state index in [-0.39, 0.29) is 34.5 Å². The van der Waals surface area contributed by atoms with Crippen molar-refractivity contribution in [2.75, 3.05) is 0 Å². The van der Waals surface area contributed by atoms with Gasteiger partial charge in [0, 0.05) is 17.6 Å². The number of nitrogens with one attached hydrogen (secondary N) is 1. The quantitative estimate of drug-likeness (QED) is 0.696. The molecule has 4 nitrogen and oxygen atoms in total. The van der Waals surface area contributed by atoms with Gasteiger partial charge in [-0.05, 0) is 63.6 Å². The molecule has 152 valence electrons. The maximum absolute atomic E-state index is 14.0. The fourth-order valence-electron chi connectivity index (χ4n) is 3.65. The molecule has 1 aliphatic rings. The highest BCUT2D eigenvalue weighted by molar-refractivity contribution is 7.99. The molecular formula is C20H23F3N2O2S. The summed E-state index contributed by atoms with van der Waals surface area (Å²) in [7, 11) is 0. The molecule has 1 heterocycles. The van der Waals surface area contributed by atoms with E-state index in [1.165, 1.54) is 18.3 Å². The topological polar surface area (TPSA) is 62.2 Å². The molecule has 2 aromatic rings. The van der Waals surface area contributed by atoms with Gasteiger partial charge >= 0.3 is 0 Å². The highest BCUT2D eigenvalue weighted by Crippen LogP contribution is 2.33. The molecule has 1 fully saturated rings. The van der Waals surface area contributed by atoms with Gasteiger partial charge in [0.1, 0.15) is 5.82 Å². The summed E-state index contributed by atoms with van der Waals surface area (Å²) in [6.07, 6.45) is 4.60. The first-order valence-electron chi connectivity index (χ1n) is 9.21. The molecule has 28 heavy (non-hydrogen) atoms. The minimum absolute atomic E-state index is 0.0170. The maximum Gasteiger partial charge on any atom is 0.289 e. The number of fused-ring (bicyclic) bond motifs is 1. The van der Waals surface area contributed by atoms with Crippen LogP contribution in [0.5, 0.6) is 0 Å². The third-order valence-electron chi connectivity index (χ3n) is 5.27. The van der Waals surface area contributed by atoms with Crippen LogP contribution in [0.1, 0.15) is 49.9 Å². The van der Waals surface area contributed by atoms with E-state index in [2.05, 4.69) is 10.3 Å².